The average Bonchev–Trinajstić information content (AvgIpc) is 2.91. The summed E-state index contributed by atoms with van der Waals surface area (Å²) in [6.45, 7) is 3.05. The first kappa shape index (κ1) is 14.3. The maximum absolute atomic E-state index is 11.2. The van der Waals surface area contributed by atoms with Gasteiger partial charge in [-0.05, 0) is 32.0 Å². The molecule has 0 bridgehead atoms. The summed E-state index contributed by atoms with van der Waals surface area (Å²) < 4.78 is 5.42. The lowest BCUT2D eigenvalue weighted by atomic mass is 10.1. The summed E-state index contributed by atoms with van der Waals surface area (Å²) in [5.41, 5.74) is -0.838. The SMILES string of the molecule is O=C(O)c1c(OCCN2CCCC2)cccc1[N+](=O)[O-]. The molecule has 0 aliphatic carbocycles. The molecule has 0 atom stereocenters. The second-order valence-corrected chi connectivity index (χ2v) is 4.61. The molecule has 1 aromatic carbocycles. The van der Waals surface area contributed by atoms with Gasteiger partial charge in [-0.2, -0.15) is 0 Å². The number of nitro groups is 1. The van der Waals surface area contributed by atoms with Crippen LogP contribution in [0.1, 0.15) is 23.2 Å². The highest BCUT2D eigenvalue weighted by molar-refractivity contribution is 5.95. The number of rotatable bonds is 6. The summed E-state index contributed by atoms with van der Waals surface area (Å²) in [5, 5.41) is 20.0. The standard InChI is InChI=1S/C13H16N2O5/c16-13(17)12-10(15(18)19)4-3-5-11(12)20-9-8-14-6-1-2-7-14/h3-5H,1-2,6-9H2,(H,16,17). The number of hydrogen-bond acceptors (Lipinski definition) is 5. The molecule has 108 valence electrons. The van der Waals surface area contributed by atoms with E-state index in [1.54, 1.807) is 0 Å². The minimum Gasteiger partial charge on any atom is -0.491 e. The van der Waals surface area contributed by atoms with E-state index in [0.717, 1.165) is 32.0 Å². The van der Waals surface area contributed by atoms with Crippen molar-refractivity contribution in [2.45, 2.75) is 12.8 Å². The third kappa shape index (κ3) is 3.24. The van der Waals surface area contributed by atoms with E-state index in [9.17, 15) is 14.9 Å². The Bertz CT molecular complexity index is 511. The Balaban J connectivity index is 2.08. The van der Waals surface area contributed by atoms with Crippen molar-refractivity contribution in [3.05, 3.63) is 33.9 Å². The molecular weight excluding hydrogens is 264 g/mol. The Morgan fingerprint density at radius 2 is 2.10 bits per heavy atom. The molecule has 1 saturated heterocycles. The van der Waals surface area contributed by atoms with Crippen molar-refractivity contribution in [1.29, 1.82) is 0 Å². The molecule has 0 aromatic heterocycles. The fraction of sp³-hybridized carbons (Fsp3) is 0.462. The molecule has 2 rings (SSSR count). The first-order valence-electron chi connectivity index (χ1n) is 6.45. The monoisotopic (exact) mass is 280 g/mol. The fourth-order valence-electron chi connectivity index (χ4n) is 2.30. The predicted octanol–water partition coefficient (Wildman–Crippen LogP) is 1.77. The van der Waals surface area contributed by atoms with Crippen LogP contribution in [0.25, 0.3) is 0 Å². The molecule has 7 nitrogen and oxygen atoms in total. The summed E-state index contributed by atoms with van der Waals surface area (Å²) in [6, 6.07) is 4.03. The van der Waals surface area contributed by atoms with Crippen LogP contribution in [0.5, 0.6) is 5.75 Å². The summed E-state index contributed by atoms with van der Waals surface area (Å²) in [5.74, 6) is -1.31. The highest BCUT2D eigenvalue weighted by atomic mass is 16.6. The lowest BCUT2D eigenvalue weighted by Crippen LogP contribution is -2.25. The van der Waals surface area contributed by atoms with E-state index >= 15 is 0 Å². The van der Waals surface area contributed by atoms with Crippen molar-refractivity contribution in [3.63, 3.8) is 0 Å². The van der Waals surface area contributed by atoms with Crippen LogP contribution in [-0.2, 0) is 0 Å². The molecule has 1 aliphatic heterocycles. The van der Waals surface area contributed by atoms with E-state index in [1.807, 2.05) is 0 Å². The van der Waals surface area contributed by atoms with Crippen LogP contribution in [0.15, 0.2) is 18.2 Å². The molecule has 1 aliphatic rings. The smallest absolute Gasteiger partial charge is 0.346 e. The predicted molar refractivity (Wildman–Crippen MR) is 71.2 cm³/mol. The van der Waals surface area contributed by atoms with Crippen LogP contribution >= 0.6 is 0 Å². The number of nitrogens with zero attached hydrogens (tertiary/aromatic N) is 2. The number of carbonyl (C=O) groups is 1. The summed E-state index contributed by atoms with van der Waals surface area (Å²) >= 11 is 0. The summed E-state index contributed by atoms with van der Waals surface area (Å²) in [6.07, 6.45) is 2.33. The van der Waals surface area contributed by atoms with Crippen molar-refractivity contribution < 1.29 is 19.6 Å². The lowest BCUT2D eigenvalue weighted by Gasteiger charge is -2.15. The topological polar surface area (TPSA) is 92.9 Å². The maximum atomic E-state index is 11.2. The minimum atomic E-state index is -1.35. The van der Waals surface area contributed by atoms with Gasteiger partial charge in [-0.3, -0.25) is 15.0 Å². The first-order valence-corrected chi connectivity index (χ1v) is 6.45. The van der Waals surface area contributed by atoms with Crippen molar-refractivity contribution in [2.24, 2.45) is 0 Å². The molecule has 0 radical (unpaired) electrons. The highest BCUT2D eigenvalue weighted by Crippen LogP contribution is 2.28. The van der Waals surface area contributed by atoms with Crippen LogP contribution in [0.4, 0.5) is 5.69 Å². The van der Waals surface area contributed by atoms with Gasteiger partial charge >= 0.3 is 5.97 Å². The van der Waals surface area contributed by atoms with Gasteiger partial charge in [0.2, 0.25) is 0 Å². The Morgan fingerprint density at radius 3 is 2.70 bits per heavy atom. The molecule has 1 N–H and O–H groups in total. The van der Waals surface area contributed by atoms with Gasteiger partial charge in [-0.15, -0.1) is 0 Å². The van der Waals surface area contributed by atoms with Gasteiger partial charge in [0.15, 0.2) is 5.56 Å². The highest BCUT2D eigenvalue weighted by Gasteiger charge is 2.24. The van der Waals surface area contributed by atoms with Gasteiger partial charge in [0.1, 0.15) is 12.4 Å². The second-order valence-electron chi connectivity index (χ2n) is 4.61. The molecule has 1 fully saturated rings. The largest absolute Gasteiger partial charge is 0.491 e. The third-order valence-corrected chi connectivity index (χ3v) is 3.28. The molecule has 0 unspecified atom stereocenters. The van der Waals surface area contributed by atoms with Crippen molar-refractivity contribution >= 4 is 11.7 Å². The van der Waals surface area contributed by atoms with Gasteiger partial charge in [0, 0.05) is 12.6 Å². The van der Waals surface area contributed by atoms with Crippen LogP contribution < -0.4 is 4.74 Å². The summed E-state index contributed by atoms with van der Waals surface area (Å²) in [7, 11) is 0. The number of likely N-dealkylation sites (tertiary alicyclic amines) is 1. The van der Waals surface area contributed by atoms with Crippen LogP contribution in [0, 0.1) is 10.1 Å². The Labute approximate surface area is 115 Å². The zero-order valence-corrected chi connectivity index (χ0v) is 10.9. The minimum absolute atomic E-state index is 0.0471. The lowest BCUT2D eigenvalue weighted by molar-refractivity contribution is -0.385. The Kier molecular flexibility index (Phi) is 4.52. The molecule has 0 amide bonds. The molecule has 7 heteroatoms. The average molecular weight is 280 g/mol. The van der Waals surface area contributed by atoms with Gasteiger partial charge in [0.25, 0.3) is 5.69 Å². The summed E-state index contributed by atoms with van der Waals surface area (Å²) in [4.78, 5) is 23.5. The van der Waals surface area contributed by atoms with Crippen molar-refractivity contribution in [1.82, 2.24) is 4.90 Å². The number of carboxylic acid groups (broad SMARTS) is 1. The molecular formula is C13H16N2O5. The maximum Gasteiger partial charge on any atom is 0.346 e. The van der Waals surface area contributed by atoms with Crippen LogP contribution in [0.3, 0.4) is 0 Å². The number of carboxylic acids is 1. The second kappa shape index (κ2) is 6.33. The Morgan fingerprint density at radius 1 is 1.40 bits per heavy atom. The Hall–Kier alpha value is -2.15. The van der Waals surface area contributed by atoms with Gasteiger partial charge < -0.3 is 9.84 Å². The number of hydrogen-bond donors (Lipinski definition) is 1. The van der Waals surface area contributed by atoms with E-state index in [1.165, 1.54) is 12.1 Å². The zero-order chi connectivity index (χ0) is 14.5. The first-order chi connectivity index (χ1) is 9.59. The van der Waals surface area contributed by atoms with E-state index in [-0.39, 0.29) is 11.3 Å². The van der Waals surface area contributed by atoms with Crippen molar-refractivity contribution in [2.75, 3.05) is 26.2 Å². The van der Waals surface area contributed by atoms with Crippen LogP contribution in [0.2, 0.25) is 0 Å². The van der Waals surface area contributed by atoms with Gasteiger partial charge in [0.05, 0.1) is 4.92 Å². The number of benzene rings is 1. The van der Waals surface area contributed by atoms with Crippen LogP contribution in [-0.4, -0.2) is 47.1 Å². The number of nitro benzene ring substituents is 1. The molecule has 1 aromatic rings. The fourth-order valence-corrected chi connectivity index (χ4v) is 2.30. The normalized spacial score (nSPS) is 15.2. The molecule has 0 saturated carbocycles. The van der Waals surface area contributed by atoms with Gasteiger partial charge in [-0.25, -0.2) is 4.79 Å². The quantitative estimate of drug-likeness (QED) is 0.630. The third-order valence-electron chi connectivity index (χ3n) is 3.28. The van der Waals surface area contributed by atoms with Crippen molar-refractivity contribution in [3.8, 4) is 5.75 Å². The van der Waals surface area contributed by atoms with Gasteiger partial charge in [-0.1, -0.05) is 6.07 Å². The molecule has 1 heterocycles. The number of aromatic carboxylic acids is 1. The van der Waals surface area contributed by atoms with E-state index in [0.29, 0.717) is 13.2 Å². The van der Waals surface area contributed by atoms with E-state index < -0.39 is 16.6 Å². The molecule has 0 spiro atoms. The molecule has 20 heavy (non-hydrogen) atoms. The number of ether oxygens (including phenoxy) is 1. The van der Waals surface area contributed by atoms with E-state index in [4.69, 9.17) is 9.84 Å². The zero-order valence-electron chi connectivity index (χ0n) is 10.9. The van der Waals surface area contributed by atoms with E-state index in [2.05, 4.69) is 4.90 Å².